The summed E-state index contributed by atoms with van der Waals surface area (Å²) in [5, 5.41) is 0. The van der Waals surface area contributed by atoms with Crippen molar-refractivity contribution in [1.29, 1.82) is 0 Å². The molecule has 2 N–H and O–H groups in total. The number of hydrogen-bond donors (Lipinski definition) is 1. The molecule has 116 valence electrons. The van der Waals surface area contributed by atoms with E-state index in [4.69, 9.17) is 18.0 Å². The topological polar surface area (TPSA) is 52.8 Å². The Bertz CT molecular complexity index is 337. The number of carbonyl (C=O) groups is 1. The second-order valence-corrected chi connectivity index (χ2v) is 6.34. The first kappa shape index (κ1) is 17.3. The van der Waals surface area contributed by atoms with Crippen LogP contribution in [-0.2, 0) is 4.79 Å². The van der Waals surface area contributed by atoms with Gasteiger partial charge in [-0.25, -0.2) is 0 Å². The normalized spacial score (nSPS) is 20.1. The third kappa shape index (κ3) is 6.15. The maximum absolute atomic E-state index is 12.0. The molecule has 1 amide bonds. The van der Waals surface area contributed by atoms with Crippen LogP contribution in [-0.4, -0.2) is 79.0 Å². The van der Waals surface area contributed by atoms with Gasteiger partial charge in [0.15, 0.2) is 0 Å². The van der Waals surface area contributed by atoms with Gasteiger partial charge in [-0.05, 0) is 33.5 Å². The van der Waals surface area contributed by atoms with Crippen LogP contribution in [0.4, 0.5) is 0 Å². The summed E-state index contributed by atoms with van der Waals surface area (Å²) in [6.07, 6.45) is 3.63. The summed E-state index contributed by atoms with van der Waals surface area (Å²) in [4.78, 5) is 18.9. The lowest BCUT2D eigenvalue weighted by Crippen LogP contribution is -2.46. The highest BCUT2D eigenvalue weighted by molar-refractivity contribution is 7.80. The van der Waals surface area contributed by atoms with Gasteiger partial charge in [-0.2, -0.15) is 0 Å². The Balaban J connectivity index is 2.27. The molecule has 1 saturated heterocycles. The van der Waals surface area contributed by atoms with Crippen LogP contribution in [0.3, 0.4) is 0 Å². The summed E-state index contributed by atoms with van der Waals surface area (Å²) in [6, 6.07) is 0.573. The molecule has 1 fully saturated rings. The maximum Gasteiger partial charge on any atom is 0.223 e. The SMILES string of the molecule is CN1CCCC(N(C)CCC(=O)N(C)CCC(N)=S)C1. The molecule has 1 unspecified atom stereocenters. The standard InChI is InChI=1S/C14H28N4OS/c1-16-8-4-5-12(11-16)17(2)10-7-14(19)18(3)9-6-13(15)20/h12H,4-11H2,1-3H3,(H2,15,20). The lowest BCUT2D eigenvalue weighted by Gasteiger charge is -2.36. The number of rotatable bonds is 7. The molecule has 1 atom stereocenters. The average molecular weight is 300 g/mol. The van der Waals surface area contributed by atoms with E-state index in [1.807, 2.05) is 7.05 Å². The van der Waals surface area contributed by atoms with E-state index in [-0.39, 0.29) is 5.91 Å². The van der Waals surface area contributed by atoms with Crippen LogP contribution in [0, 0.1) is 0 Å². The number of piperidine rings is 1. The molecule has 1 aliphatic heterocycles. The van der Waals surface area contributed by atoms with Gasteiger partial charge in [-0.1, -0.05) is 12.2 Å². The first-order chi connectivity index (χ1) is 9.40. The van der Waals surface area contributed by atoms with E-state index >= 15 is 0 Å². The first-order valence-corrected chi connectivity index (χ1v) is 7.72. The number of hydrogen-bond acceptors (Lipinski definition) is 4. The Kier molecular flexibility index (Phi) is 7.40. The summed E-state index contributed by atoms with van der Waals surface area (Å²) in [7, 11) is 6.09. The molecule has 0 spiro atoms. The van der Waals surface area contributed by atoms with Crippen molar-refractivity contribution in [2.24, 2.45) is 5.73 Å². The number of likely N-dealkylation sites (N-methyl/N-ethyl adjacent to an activating group) is 2. The van der Waals surface area contributed by atoms with Crippen molar-refractivity contribution in [3.8, 4) is 0 Å². The molecule has 0 radical (unpaired) electrons. The second-order valence-electron chi connectivity index (χ2n) is 5.82. The number of carbonyl (C=O) groups excluding carboxylic acids is 1. The number of nitrogens with zero attached hydrogens (tertiary/aromatic N) is 3. The van der Waals surface area contributed by atoms with Gasteiger partial charge in [0.1, 0.15) is 0 Å². The summed E-state index contributed by atoms with van der Waals surface area (Å²) in [5.41, 5.74) is 5.45. The van der Waals surface area contributed by atoms with Crippen LogP contribution in [0.25, 0.3) is 0 Å². The van der Waals surface area contributed by atoms with Crippen LogP contribution in [0.15, 0.2) is 0 Å². The minimum Gasteiger partial charge on any atom is -0.393 e. The minimum absolute atomic E-state index is 0.164. The molecule has 0 aromatic heterocycles. The molecule has 1 aliphatic rings. The minimum atomic E-state index is 0.164. The predicted molar refractivity (Wildman–Crippen MR) is 86.8 cm³/mol. The lowest BCUT2D eigenvalue weighted by atomic mass is 10.0. The molecule has 1 rings (SSSR count). The van der Waals surface area contributed by atoms with E-state index in [1.54, 1.807) is 4.90 Å². The van der Waals surface area contributed by atoms with Crippen molar-refractivity contribution in [3.05, 3.63) is 0 Å². The van der Waals surface area contributed by atoms with Gasteiger partial charge in [-0.3, -0.25) is 4.79 Å². The zero-order valence-corrected chi connectivity index (χ0v) is 13.8. The highest BCUT2D eigenvalue weighted by Crippen LogP contribution is 2.13. The second kappa shape index (κ2) is 8.54. The highest BCUT2D eigenvalue weighted by Gasteiger charge is 2.21. The molecule has 0 aromatic rings. The van der Waals surface area contributed by atoms with E-state index in [2.05, 4.69) is 23.9 Å². The van der Waals surface area contributed by atoms with Crippen LogP contribution in [0.5, 0.6) is 0 Å². The molecule has 6 heteroatoms. The van der Waals surface area contributed by atoms with Gasteiger partial charge in [0.2, 0.25) is 5.91 Å². The third-order valence-corrected chi connectivity index (χ3v) is 4.22. The fourth-order valence-corrected chi connectivity index (χ4v) is 2.64. The summed E-state index contributed by atoms with van der Waals surface area (Å²) in [5.74, 6) is 0.164. The van der Waals surface area contributed by atoms with E-state index in [0.29, 0.717) is 30.4 Å². The Morgan fingerprint density at radius 1 is 1.35 bits per heavy atom. The molecule has 5 nitrogen and oxygen atoms in total. The average Bonchev–Trinajstić information content (AvgIpc) is 2.41. The number of nitrogens with two attached hydrogens (primary N) is 1. The van der Waals surface area contributed by atoms with Gasteiger partial charge < -0.3 is 20.4 Å². The number of likely N-dealkylation sites (tertiary alicyclic amines) is 1. The molecule has 0 aromatic carbocycles. The van der Waals surface area contributed by atoms with Crippen molar-refractivity contribution in [1.82, 2.24) is 14.7 Å². The van der Waals surface area contributed by atoms with E-state index in [1.165, 1.54) is 19.4 Å². The largest absolute Gasteiger partial charge is 0.393 e. The zero-order valence-electron chi connectivity index (χ0n) is 13.0. The van der Waals surface area contributed by atoms with Crippen molar-refractivity contribution in [3.63, 3.8) is 0 Å². The lowest BCUT2D eigenvalue weighted by molar-refractivity contribution is -0.130. The molecular weight excluding hydrogens is 272 g/mol. The summed E-state index contributed by atoms with van der Waals surface area (Å²) < 4.78 is 0. The molecule has 0 saturated carbocycles. The fraction of sp³-hybridized carbons (Fsp3) is 0.857. The molecule has 0 bridgehead atoms. The smallest absolute Gasteiger partial charge is 0.223 e. The Hall–Kier alpha value is -0.720. The quantitative estimate of drug-likeness (QED) is 0.696. The van der Waals surface area contributed by atoms with Crippen molar-refractivity contribution in [2.45, 2.75) is 31.7 Å². The molecule has 0 aliphatic carbocycles. The van der Waals surface area contributed by atoms with Gasteiger partial charge >= 0.3 is 0 Å². The van der Waals surface area contributed by atoms with E-state index in [9.17, 15) is 4.79 Å². The van der Waals surface area contributed by atoms with Crippen LogP contribution in [0.2, 0.25) is 0 Å². The fourth-order valence-electron chi connectivity index (χ4n) is 2.55. The van der Waals surface area contributed by atoms with Crippen molar-refractivity contribution >= 4 is 23.1 Å². The van der Waals surface area contributed by atoms with Crippen molar-refractivity contribution in [2.75, 3.05) is 47.3 Å². The number of amides is 1. The molecular formula is C14H28N4OS. The maximum atomic E-state index is 12.0. The van der Waals surface area contributed by atoms with Crippen LogP contribution >= 0.6 is 12.2 Å². The van der Waals surface area contributed by atoms with E-state index < -0.39 is 0 Å². The zero-order chi connectivity index (χ0) is 15.1. The predicted octanol–water partition coefficient (Wildman–Crippen LogP) is 0.537. The Labute approximate surface area is 128 Å². The Morgan fingerprint density at radius 2 is 2.05 bits per heavy atom. The van der Waals surface area contributed by atoms with Gasteiger partial charge in [-0.15, -0.1) is 0 Å². The molecule has 20 heavy (non-hydrogen) atoms. The monoisotopic (exact) mass is 300 g/mol. The van der Waals surface area contributed by atoms with Gasteiger partial charge in [0.05, 0.1) is 4.99 Å². The summed E-state index contributed by atoms with van der Waals surface area (Å²) in [6.45, 7) is 3.71. The van der Waals surface area contributed by atoms with Crippen LogP contribution < -0.4 is 5.73 Å². The van der Waals surface area contributed by atoms with Crippen LogP contribution in [0.1, 0.15) is 25.7 Å². The third-order valence-electron chi connectivity index (χ3n) is 4.02. The highest BCUT2D eigenvalue weighted by atomic mass is 32.1. The summed E-state index contributed by atoms with van der Waals surface area (Å²) >= 11 is 4.83. The van der Waals surface area contributed by atoms with Crippen molar-refractivity contribution < 1.29 is 4.79 Å². The van der Waals surface area contributed by atoms with E-state index in [0.717, 1.165) is 13.1 Å². The van der Waals surface area contributed by atoms with Gasteiger partial charge in [0, 0.05) is 45.6 Å². The first-order valence-electron chi connectivity index (χ1n) is 7.31. The Morgan fingerprint density at radius 3 is 2.65 bits per heavy atom. The molecule has 1 heterocycles. The van der Waals surface area contributed by atoms with Gasteiger partial charge in [0.25, 0.3) is 0 Å². The number of thiocarbonyl (C=S) groups is 1.